The van der Waals surface area contributed by atoms with Gasteiger partial charge >= 0.3 is 5.97 Å². The molecule has 1 spiro atoms. The SMILES string of the molecule is CC[C@]1(O)C[C@H]2CN(CCc3c([nH]c4ccccc34)[C@@](C(=O)OC)(c3cc4c(cc3OC)N(C)[C@H]3[C@](C)(O)[C@H](O)[C@]5(CC)C=CCN6CC[C@]43[C@@H]65)C2)C1. The van der Waals surface area contributed by atoms with Crippen molar-refractivity contribution in [1.29, 1.82) is 0 Å². The zero-order chi connectivity index (χ0) is 37.3. The lowest BCUT2D eigenvalue weighted by Crippen LogP contribution is -2.77. The first kappa shape index (κ1) is 35.3. The number of ether oxygens (including phenoxy) is 2. The summed E-state index contributed by atoms with van der Waals surface area (Å²) >= 11 is 0. The number of anilines is 1. The second kappa shape index (κ2) is 11.8. The second-order valence-corrected chi connectivity index (χ2v) is 17.5. The number of esters is 1. The van der Waals surface area contributed by atoms with Crippen LogP contribution in [0, 0.1) is 11.3 Å². The Hall–Kier alpha value is -3.41. The molecule has 10 nitrogen and oxygen atoms in total. The number of hydrogen-bond acceptors (Lipinski definition) is 9. The molecule has 6 heterocycles. The number of methoxy groups -OCH3 is 2. The number of nitrogens with zero attached hydrogens (tertiary/aromatic N) is 3. The number of rotatable bonds is 5. The Morgan fingerprint density at radius 1 is 1.04 bits per heavy atom. The number of H-pyrrole nitrogens is 1. The van der Waals surface area contributed by atoms with E-state index < -0.39 is 39.6 Å². The number of nitrogens with one attached hydrogen (secondary N) is 1. The lowest BCUT2D eigenvalue weighted by Gasteiger charge is -2.63. The van der Waals surface area contributed by atoms with Crippen molar-refractivity contribution in [2.45, 2.75) is 99.5 Å². The van der Waals surface area contributed by atoms with Gasteiger partial charge in [-0.05, 0) is 81.2 Å². The number of carbonyl (C=O) groups is 1. The van der Waals surface area contributed by atoms with Crippen molar-refractivity contribution >= 4 is 22.6 Å². The van der Waals surface area contributed by atoms with Gasteiger partial charge in [0.2, 0.25) is 0 Å². The smallest absolute Gasteiger partial charge is 0.322 e. The number of aliphatic hydroxyl groups excluding tert-OH is 1. The summed E-state index contributed by atoms with van der Waals surface area (Å²) in [5.41, 5.74) is 0.888. The third-order valence-corrected chi connectivity index (χ3v) is 15.1. The van der Waals surface area contributed by atoms with E-state index in [4.69, 9.17) is 9.47 Å². The van der Waals surface area contributed by atoms with Crippen molar-refractivity contribution < 1.29 is 29.6 Å². The number of aromatic nitrogens is 1. The van der Waals surface area contributed by atoms with Crippen molar-refractivity contribution in [1.82, 2.24) is 14.8 Å². The average molecular weight is 725 g/mol. The largest absolute Gasteiger partial charge is 0.496 e. The van der Waals surface area contributed by atoms with Crippen LogP contribution in [0.3, 0.4) is 0 Å². The van der Waals surface area contributed by atoms with E-state index in [-0.39, 0.29) is 17.9 Å². The van der Waals surface area contributed by atoms with E-state index >= 15 is 4.79 Å². The number of para-hydroxylation sites is 1. The van der Waals surface area contributed by atoms with Crippen LogP contribution < -0.4 is 9.64 Å². The fourth-order valence-electron chi connectivity index (χ4n) is 13.1. The molecule has 2 saturated heterocycles. The van der Waals surface area contributed by atoms with E-state index in [1.807, 2.05) is 20.0 Å². The Labute approximate surface area is 312 Å². The van der Waals surface area contributed by atoms with Crippen LogP contribution in [0.15, 0.2) is 48.6 Å². The number of aliphatic hydroxyl groups is 3. The molecule has 1 unspecified atom stereocenters. The Morgan fingerprint density at radius 2 is 1.83 bits per heavy atom. The minimum Gasteiger partial charge on any atom is -0.496 e. The Bertz CT molecular complexity index is 2010. The minimum atomic E-state index is -1.44. The van der Waals surface area contributed by atoms with Crippen LogP contribution in [0.25, 0.3) is 10.9 Å². The van der Waals surface area contributed by atoms with Crippen molar-refractivity contribution in [2.24, 2.45) is 11.3 Å². The highest BCUT2D eigenvalue weighted by atomic mass is 16.5. The number of fused-ring (bicyclic) bond motifs is 6. The summed E-state index contributed by atoms with van der Waals surface area (Å²) in [5, 5.41) is 37.8. The van der Waals surface area contributed by atoms with Crippen molar-refractivity contribution in [3.63, 3.8) is 0 Å². The molecule has 4 N–H and O–H groups in total. The molecule has 1 aliphatic carbocycles. The summed E-state index contributed by atoms with van der Waals surface area (Å²) in [6, 6.07) is 12.1. The molecule has 53 heavy (non-hydrogen) atoms. The standard InChI is InChI=1S/C43H56N4O6/c1-7-40(51)22-26-23-43(38(49)53-6,34-28(14-18-46(24-26)25-40)27-12-9-10-13-31(27)44-34)30-20-29-32(21-33(30)52-5)45(4)35-39(3,50)37(48)41(8-2)15-11-17-47-19-16-42(29,35)36(41)47/h9-13,15,20-21,26,35-37,44,48,50-51H,7-8,14,16-19,22-25H2,1-6H3/t26-,35+,36+,37+,39+,40+,41-,42+,43+/m1/s1. The third-order valence-electron chi connectivity index (χ3n) is 15.1. The molecule has 10 atom stereocenters. The molecule has 5 aliphatic heterocycles. The molecule has 284 valence electrons. The molecule has 0 radical (unpaired) electrons. The van der Waals surface area contributed by atoms with Crippen molar-refractivity contribution in [3.8, 4) is 5.75 Å². The summed E-state index contributed by atoms with van der Waals surface area (Å²) in [6.07, 6.45) is 7.22. The lowest BCUT2D eigenvalue weighted by molar-refractivity contribution is -0.190. The highest BCUT2D eigenvalue weighted by molar-refractivity contribution is 5.94. The van der Waals surface area contributed by atoms with Crippen molar-refractivity contribution in [3.05, 3.63) is 70.9 Å². The number of hydrogen-bond donors (Lipinski definition) is 4. The summed E-state index contributed by atoms with van der Waals surface area (Å²) in [4.78, 5) is 26.0. The number of aromatic amines is 1. The maximum atomic E-state index is 15.2. The van der Waals surface area contributed by atoms with Crippen LogP contribution in [0.2, 0.25) is 0 Å². The Morgan fingerprint density at radius 3 is 2.57 bits per heavy atom. The van der Waals surface area contributed by atoms with Gasteiger partial charge in [0.25, 0.3) is 0 Å². The van der Waals surface area contributed by atoms with Crippen LogP contribution in [0.4, 0.5) is 5.69 Å². The summed E-state index contributed by atoms with van der Waals surface area (Å²) < 4.78 is 12.3. The van der Waals surface area contributed by atoms with Gasteiger partial charge in [0.15, 0.2) is 0 Å². The highest BCUT2D eigenvalue weighted by Crippen LogP contribution is 2.67. The molecule has 2 bridgehead atoms. The van der Waals surface area contributed by atoms with E-state index in [0.29, 0.717) is 44.4 Å². The first-order valence-corrected chi connectivity index (χ1v) is 19.8. The van der Waals surface area contributed by atoms with E-state index in [9.17, 15) is 15.3 Å². The van der Waals surface area contributed by atoms with Crippen LogP contribution in [0.5, 0.6) is 5.75 Å². The Kier molecular flexibility index (Phi) is 7.86. The predicted molar refractivity (Wildman–Crippen MR) is 205 cm³/mol. The normalized spacial score (nSPS) is 40.1. The summed E-state index contributed by atoms with van der Waals surface area (Å²) in [6.45, 7) is 9.78. The average Bonchev–Trinajstić information content (AvgIpc) is 3.82. The van der Waals surface area contributed by atoms with Gasteiger partial charge in [-0.2, -0.15) is 0 Å². The topological polar surface area (TPSA) is 122 Å². The third kappa shape index (κ3) is 4.41. The van der Waals surface area contributed by atoms with Crippen LogP contribution in [-0.4, -0.2) is 119 Å². The van der Waals surface area contributed by atoms with Gasteiger partial charge in [0.05, 0.1) is 32.0 Å². The molecule has 3 fully saturated rings. The molecule has 6 aliphatic rings. The highest BCUT2D eigenvalue weighted by Gasteiger charge is 2.75. The van der Waals surface area contributed by atoms with E-state index in [1.165, 1.54) is 7.11 Å². The van der Waals surface area contributed by atoms with E-state index in [2.05, 4.69) is 76.0 Å². The second-order valence-electron chi connectivity index (χ2n) is 17.5. The van der Waals surface area contributed by atoms with Gasteiger partial charge in [-0.15, -0.1) is 0 Å². The quantitative estimate of drug-likeness (QED) is 0.226. The van der Waals surface area contributed by atoms with Gasteiger partial charge < -0.3 is 34.7 Å². The molecular formula is C43H56N4O6. The molecule has 0 amide bonds. The van der Waals surface area contributed by atoms with Gasteiger partial charge in [0, 0.05) is 84.0 Å². The molecule has 10 heteroatoms. The predicted octanol–water partition coefficient (Wildman–Crippen LogP) is 4.27. The lowest BCUT2D eigenvalue weighted by atomic mass is 9.48. The fourth-order valence-corrected chi connectivity index (χ4v) is 13.1. The van der Waals surface area contributed by atoms with Crippen molar-refractivity contribution in [2.75, 3.05) is 58.9 Å². The summed E-state index contributed by atoms with van der Waals surface area (Å²) in [5.74, 6) is 0.213. The monoisotopic (exact) mass is 724 g/mol. The van der Waals surface area contributed by atoms with Gasteiger partial charge in [-0.25, -0.2) is 0 Å². The number of likely N-dealkylation sites (N-methyl/N-ethyl adjacent to an activating group) is 1. The zero-order valence-corrected chi connectivity index (χ0v) is 32.1. The first-order valence-electron chi connectivity index (χ1n) is 19.8. The van der Waals surface area contributed by atoms with Gasteiger partial charge in [0.1, 0.15) is 16.8 Å². The number of piperidine rings is 1. The molecule has 2 aromatic carbocycles. The fraction of sp³-hybridized carbons (Fsp3) is 0.605. The van der Waals surface area contributed by atoms with E-state index in [0.717, 1.165) is 71.6 Å². The maximum Gasteiger partial charge on any atom is 0.322 e. The summed E-state index contributed by atoms with van der Waals surface area (Å²) in [7, 11) is 5.18. The molecule has 1 saturated carbocycles. The van der Waals surface area contributed by atoms with E-state index in [1.54, 1.807) is 7.11 Å². The van der Waals surface area contributed by atoms with Crippen LogP contribution >= 0.6 is 0 Å². The molecule has 1 aromatic heterocycles. The first-order chi connectivity index (χ1) is 25.3. The van der Waals surface area contributed by atoms with Crippen LogP contribution in [-0.2, 0) is 26.8 Å². The number of benzene rings is 2. The number of carbonyl (C=O) groups excluding carboxylic acids is 1. The zero-order valence-electron chi connectivity index (χ0n) is 32.1. The molecule has 3 aromatic rings. The Balaban J connectivity index is 1.35. The van der Waals surface area contributed by atoms with Gasteiger partial charge in [-0.1, -0.05) is 44.2 Å². The minimum absolute atomic E-state index is 0.0135. The molecular weight excluding hydrogens is 668 g/mol. The maximum absolute atomic E-state index is 15.2. The molecule has 9 rings (SSSR count). The van der Waals surface area contributed by atoms with Crippen LogP contribution in [0.1, 0.15) is 75.3 Å². The van der Waals surface area contributed by atoms with Gasteiger partial charge in [-0.3, -0.25) is 14.6 Å².